The normalized spacial score (nSPS) is 17.2. The van der Waals surface area contributed by atoms with Crippen molar-refractivity contribution in [2.45, 2.75) is 19.8 Å². The molecule has 126 valence electrons. The van der Waals surface area contributed by atoms with Crippen LogP contribution >= 0.6 is 11.6 Å². The maximum absolute atomic E-state index is 12.8. The van der Waals surface area contributed by atoms with E-state index in [-0.39, 0.29) is 12.5 Å². The van der Waals surface area contributed by atoms with Crippen LogP contribution in [-0.4, -0.2) is 44.8 Å². The largest absolute Gasteiger partial charge is 0.481 e. The molecule has 0 bridgehead atoms. The van der Waals surface area contributed by atoms with Gasteiger partial charge < -0.3 is 10.0 Å². The predicted octanol–water partition coefficient (Wildman–Crippen LogP) is 2.63. The Balaban J connectivity index is 1.91. The molecular weight excluding hydrogens is 330 g/mol. The lowest BCUT2D eigenvalue weighted by Gasteiger charge is -2.16. The number of aromatic nitrogens is 2. The highest BCUT2D eigenvalue weighted by Gasteiger charge is 2.33. The number of halogens is 1. The van der Waals surface area contributed by atoms with E-state index in [9.17, 15) is 9.59 Å². The standard InChI is InChI=1S/C17H18ClN3O3/c1-2-14-12(16(22)20-8-7-11(10-20)17(23)24)9-19-21(14)15-6-4-3-5-13(15)18/h3-6,9,11H,2,7-8,10H2,1H3,(H,23,24). The summed E-state index contributed by atoms with van der Waals surface area (Å²) in [5.41, 5.74) is 2.00. The molecule has 1 aliphatic heterocycles. The van der Waals surface area contributed by atoms with E-state index in [0.717, 1.165) is 11.4 Å². The van der Waals surface area contributed by atoms with E-state index >= 15 is 0 Å². The molecule has 2 aromatic rings. The van der Waals surface area contributed by atoms with E-state index in [0.29, 0.717) is 30.0 Å². The van der Waals surface area contributed by atoms with Crippen LogP contribution in [-0.2, 0) is 11.2 Å². The van der Waals surface area contributed by atoms with Crippen LogP contribution in [0.3, 0.4) is 0 Å². The molecular formula is C17H18ClN3O3. The summed E-state index contributed by atoms with van der Waals surface area (Å²) in [5, 5.41) is 14.0. The quantitative estimate of drug-likeness (QED) is 0.922. The zero-order valence-electron chi connectivity index (χ0n) is 13.3. The minimum Gasteiger partial charge on any atom is -0.481 e. The van der Waals surface area contributed by atoms with Gasteiger partial charge in [-0.1, -0.05) is 30.7 Å². The van der Waals surface area contributed by atoms with Crippen molar-refractivity contribution in [1.29, 1.82) is 0 Å². The third kappa shape index (κ3) is 2.89. The Labute approximate surface area is 144 Å². The second-order valence-corrected chi connectivity index (χ2v) is 6.20. The summed E-state index contributed by atoms with van der Waals surface area (Å²) in [5.74, 6) is -1.51. The fourth-order valence-electron chi connectivity index (χ4n) is 3.04. The van der Waals surface area contributed by atoms with E-state index in [1.54, 1.807) is 21.8 Å². The molecule has 1 aliphatic rings. The molecule has 1 amide bonds. The number of carbonyl (C=O) groups is 2. The van der Waals surface area contributed by atoms with Gasteiger partial charge in [-0.05, 0) is 25.0 Å². The van der Waals surface area contributed by atoms with Crippen molar-refractivity contribution in [3.63, 3.8) is 0 Å². The fourth-order valence-corrected chi connectivity index (χ4v) is 3.26. The van der Waals surface area contributed by atoms with Gasteiger partial charge in [0.2, 0.25) is 0 Å². The summed E-state index contributed by atoms with van der Waals surface area (Å²) in [7, 11) is 0. The smallest absolute Gasteiger partial charge is 0.308 e. The van der Waals surface area contributed by atoms with E-state index in [1.807, 2.05) is 25.1 Å². The number of carboxylic acids is 1. The number of nitrogens with zero attached hydrogens (tertiary/aromatic N) is 3. The molecule has 6 nitrogen and oxygen atoms in total. The van der Waals surface area contributed by atoms with Gasteiger partial charge in [-0.2, -0.15) is 5.10 Å². The zero-order chi connectivity index (χ0) is 17.3. The SMILES string of the molecule is CCc1c(C(=O)N2CCC(C(=O)O)C2)cnn1-c1ccccc1Cl. The number of rotatable bonds is 4. The van der Waals surface area contributed by atoms with Gasteiger partial charge in [0, 0.05) is 13.1 Å². The lowest BCUT2D eigenvalue weighted by Crippen LogP contribution is -2.30. The summed E-state index contributed by atoms with van der Waals surface area (Å²) < 4.78 is 1.68. The monoisotopic (exact) mass is 347 g/mol. The molecule has 1 N–H and O–H groups in total. The van der Waals surface area contributed by atoms with Crippen LogP contribution in [0.15, 0.2) is 30.5 Å². The van der Waals surface area contributed by atoms with Gasteiger partial charge in [-0.15, -0.1) is 0 Å². The molecule has 1 atom stereocenters. The molecule has 2 heterocycles. The first kappa shape index (κ1) is 16.5. The molecule has 1 fully saturated rings. The number of hydrogen-bond acceptors (Lipinski definition) is 3. The summed E-state index contributed by atoms with van der Waals surface area (Å²) >= 11 is 6.24. The van der Waals surface area contributed by atoms with Gasteiger partial charge in [-0.3, -0.25) is 9.59 Å². The number of carbonyl (C=O) groups excluding carboxylic acids is 1. The molecule has 1 saturated heterocycles. The van der Waals surface area contributed by atoms with Crippen LogP contribution in [0.25, 0.3) is 5.69 Å². The molecule has 1 aromatic carbocycles. The number of hydrogen-bond donors (Lipinski definition) is 1. The summed E-state index contributed by atoms with van der Waals surface area (Å²) in [4.78, 5) is 25.4. The number of carboxylic acid groups (broad SMARTS) is 1. The Morgan fingerprint density at radius 2 is 2.12 bits per heavy atom. The van der Waals surface area contributed by atoms with Crippen molar-refractivity contribution in [2.75, 3.05) is 13.1 Å². The van der Waals surface area contributed by atoms with E-state index < -0.39 is 11.9 Å². The van der Waals surface area contributed by atoms with Gasteiger partial charge in [-0.25, -0.2) is 4.68 Å². The third-order valence-electron chi connectivity index (χ3n) is 4.34. The Hall–Kier alpha value is -2.34. The van der Waals surface area contributed by atoms with Gasteiger partial charge in [0.1, 0.15) is 0 Å². The van der Waals surface area contributed by atoms with Crippen molar-refractivity contribution in [3.05, 3.63) is 46.7 Å². The van der Waals surface area contributed by atoms with Gasteiger partial charge in [0.15, 0.2) is 0 Å². The maximum Gasteiger partial charge on any atom is 0.308 e. The number of para-hydroxylation sites is 1. The van der Waals surface area contributed by atoms with E-state index in [4.69, 9.17) is 16.7 Å². The average molecular weight is 348 g/mol. The van der Waals surface area contributed by atoms with E-state index in [2.05, 4.69) is 5.10 Å². The van der Waals surface area contributed by atoms with E-state index in [1.165, 1.54) is 0 Å². The summed E-state index contributed by atoms with van der Waals surface area (Å²) in [6.45, 7) is 2.65. The number of benzene rings is 1. The first-order valence-electron chi connectivity index (χ1n) is 7.86. The van der Waals surface area contributed by atoms with Crippen LogP contribution in [0, 0.1) is 5.92 Å². The molecule has 0 radical (unpaired) electrons. The number of likely N-dealkylation sites (tertiary alicyclic amines) is 1. The number of aliphatic carboxylic acids is 1. The minimum absolute atomic E-state index is 0.172. The Bertz CT molecular complexity index is 787. The summed E-state index contributed by atoms with van der Waals surface area (Å²) in [6.07, 6.45) is 2.64. The molecule has 1 unspecified atom stereocenters. The molecule has 0 saturated carbocycles. The zero-order valence-corrected chi connectivity index (χ0v) is 14.0. The maximum atomic E-state index is 12.8. The topological polar surface area (TPSA) is 75.4 Å². The first-order valence-corrected chi connectivity index (χ1v) is 8.24. The molecule has 1 aromatic heterocycles. The fraction of sp³-hybridized carbons (Fsp3) is 0.353. The number of amides is 1. The second kappa shape index (κ2) is 6.65. The highest BCUT2D eigenvalue weighted by atomic mass is 35.5. The summed E-state index contributed by atoms with van der Waals surface area (Å²) in [6, 6.07) is 7.32. The predicted molar refractivity (Wildman–Crippen MR) is 89.6 cm³/mol. The van der Waals surface area contributed by atoms with Crippen molar-refractivity contribution in [2.24, 2.45) is 5.92 Å². The van der Waals surface area contributed by atoms with Crippen molar-refractivity contribution >= 4 is 23.5 Å². The molecule has 3 rings (SSSR count). The van der Waals surface area contributed by atoms with Crippen molar-refractivity contribution in [3.8, 4) is 5.69 Å². The lowest BCUT2D eigenvalue weighted by atomic mass is 10.1. The molecule has 7 heteroatoms. The highest BCUT2D eigenvalue weighted by molar-refractivity contribution is 6.32. The molecule has 0 spiro atoms. The van der Waals surface area contributed by atoms with Crippen molar-refractivity contribution < 1.29 is 14.7 Å². The minimum atomic E-state index is -0.854. The Kier molecular flexibility index (Phi) is 4.57. The van der Waals surface area contributed by atoms with Crippen LogP contribution in [0.2, 0.25) is 5.02 Å². The third-order valence-corrected chi connectivity index (χ3v) is 4.66. The second-order valence-electron chi connectivity index (χ2n) is 5.80. The van der Waals surface area contributed by atoms with Crippen LogP contribution in [0.1, 0.15) is 29.4 Å². The molecule has 0 aliphatic carbocycles. The Morgan fingerprint density at radius 1 is 1.38 bits per heavy atom. The van der Waals surface area contributed by atoms with Crippen LogP contribution < -0.4 is 0 Å². The average Bonchev–Trinajstić information content (AvgIpc) is 3.21. The lowest BCUT2D eigenvalue weighted by molar-refractivity contribution is -0.141. The van der Waals surface area contributed by atoms with Crippen LogP contribution in [0.5, 0.6) is 0 Å². The van der Waals surface area contributed by atoms with Gasteiger partial charge >= 0.3 is 5.97 Å². The van der Waals surface area contributed by atoms with Gasteiger partial charge in [0.05, 0.1) is 34.1 Å². The van der Waals surface area contributed by atoms with Crippen LogP contribution in [0.4, 0.5) is 0 Å². The first-order chi connectivity index (χ1) is 11.5. The van der Waals surface area contributed by atoms with Gasteiger partial charge in [0.25, 0.3) is 5.91 Å². The highest BCUT2D eigenvalue weighted by Crippen LogP contribution is 2.25. The Morgan fingerprint density at radius 3 is 2.75 bits per heavy atom. The van der Waals surface area contributed by atoms with Crippen molar-refractivity contribution in [1.82, 2.24) is 14.7 Å². The molecule has 24 heavy (non-hydrogen) atoms.